The van der Waals surface area contributed by atoms with Crippen LogP contribution < -0.4 is 0 Å². The normalized spacial score (nSPS) is 23.4. The predicted molar refractivity (Wildman–Crippen MR) is 36.3 cm³/mol. The van der Waals surface area contributed by atoms with Gasteiger partial charge in [-0.05, 0) is 0 Å². The molecule has 0 aliphatic heterocycles. The van der Waals surface area contributed by atoms with E-state index in [0.717, 1.165) is 29.3 Å². The lowest BCUT2D eigenvalue weighted by Gasteiger charge is -1.95. The van der Waals surface area contributed by atoms with Crippen LogP contribution in [-0.2, 0) is 4.80 Å². The van der Waals surface area contributed by atoms with Crippen LogP contribution in [0, 0.1) is 0 Å². The first-order valence-electron chi connectivity index (χ1n) is 1.70. The van der Waals surface area contributed by atoms with Crippen molar-refractivity contribution < 1.29 is 4.80 Å². The maximum atomic E-state index is 10.4. The van der Waals surface area contributed by atoms with Crippen LogP contribution >= 0.6 is 0 Å². The highest BCUT2D eigenvalue weighted by atomic mass is 29.9. The lowest BCUT2D eigenvalue weighted by molar-refractivity contribution is 0.474. The molecule has 0 amide bonds. The molecule has 0 N–H and O–H groups in total. The first-order chi connectivity index (χ1) is 2.00. The van der Waals surface area contributed by atoms with Crippen molar-refractivity contribution in [2.75, 3.05) is 0 Å². The quantitative estimate of drug-likeness (QED) is 0.303. The van der Waals surface area contributed by atoms with Crippen LogP contribution in [0.3, 0.4) is 0 Å². The summed E-state index contributed by atoms with van der Waals surface area (Å²) in [6, 6.07) is 0. The van der Waals surface area contributed by atoms with Crippen LogP contribution in [0.15, 0.2) is 0 Å². The largest absolute Gasteiger partial charge is 0.312 e. The summed E-state index contributed by atoms with van der Waals surface area (Å²) in [5.74, 6) is 0. The van der Waals surface area contributed by atoms with E-state index in [1.165, 1.54) is 0 Å². The molecule has 31 valence electrons. The minimum Gasteiger partial charge on any atom is -0.312 e. The highest BCUT2D eigenvalue weighted by Crippen LogP contribution is 1.66. The van der Waals surface area contributed by atoms with Gasteiger partial charge in [-0.15, -0.1) is 0 Å². The Balaban J connectivity index is 3.02. The van der Waals surface area contributed by atoms with Crippen molar-refractivity contribution >= 4 is 36.1 Å². The average Bonchev–Trinajstić information content (AvgIpc) is 0.722. The zero-order chi connectivity index (χ0) is 4.50. The van der Waals surface area contributed by atoms with Crippen molar-refractivity contribution in [2.45, 2.75) is 0 Å². The van der Waals surface area contributed by atoms with Crippen LogP contribution in [-0.4, -0.2) is 36.1 Å². The average molecular weight is 137 g/mol. The van der Waals surface area contributed by atoms with Crippen molar-refractivity contribution in [3.8, 4) is 0 Å². The molecule has 0 aromatic rings. The van der Waals surface area contributed by atoms with Crippen molar-refractivity contribution in [1.82, 2.24) is 0 Å². The Hall–Kier alpha value is 0.828. The highest BCUT2D eigenvalue weighted by molar-refractivity contribution is 7.56. The van der Waals surface area contributed by atoms with E-state index in [2.05, 4.69) is 0 Å². The number of hydrogen-bond donors (Lipinski definition) is 0. The lowest BCUT2D eigenvalue weighted by atomic mass is 15.9. The van der Waals surface area contributed by atoms with E-state index in [-0.39, 0.29) is 0 Å². The second-order valence-electron chi connectivity index (χ2n) is 2.11. The molecule has 0 unspecified atom stereocenters. The first kappa shape index (κ1) is 5.83. The maximum Gasteiger partial charge on any atom is 0.170 e. The van der Waals surface area contributed by atoms with Gasteiger partial charge in [0.25, 0.3) is 0 Å². The molecule has 0 fully saturated rings. The second-order valence-corrected chi connectivity index (χ2v) is 46.0. The number of rotatable bonds is 0. The molecule has 1 nitrogen and oxygen atoms in total. The summed E-state index contributed by atoms with van der Waals surface area (Å²) in [5.41, 5.74) is 0. The Morgan fingerprint density at radius 2 is 1.20 bits per heavy atom. The Kier molecular flexibility index (Phi) is 1.77. The van der Waals surface area contributed by atoms with E-state index >= 15 is 0 Å². The van der Waals surface area contributed by atoms with Gasteiger partial charge in [0.2, 0.25) is 0 Å². The Labute approximate surface area is 41.6 Å². The van der Waals surface area contributed by atoms with Crippen LogP contribution in [0.25, 0.3) is 0 Å². The molecule has 0 spiro atoms. The summed E-state index contributed by atoms with van der Waals surface area (Å²) < 4.78 is 0. The lowest BCUT2D eigenvalue weighted by Crippen LogP contribution is -2.35. The van der Waals surface area contributed by atoms with Gasteiger partial charge in [0.15, 0.2) is 6.87 Å². The minimum absolute atomic E-state index is 1.01. The predicted octanol–water partition coefficient (Wildman–Crippen LogP) is -4.05. The summed E-state index contributed by atoms with van der Waals surface area (Å²) >= 11 is 0. The molecule has 0 bridgehead atoms. The Morgan fingerprint density at radius 3 is 1.20 bits per heavy atom. The smallest absolute Gasteiger partial charge is 0.170 e. The number of hydrogen-bond acceptors (Lipinski definition) is 0. The summed E-state index contributed by atoms with van der Waals surface area (Å²) in [5, 5.41) is 0. The standard InChI is InChI=1S/H9OSi4/c1-5(2,3)4/h2-4H3. The molecule has 0 saturated heterocycles. The first-order valence-corrected chi connectivity index (χ1v) is 14.1. The van der Waals surface area contributed by atoms with Gasteiger partial charge < -0.3 is 4.80 Å². The van der Waals surface area contributed by atoms with E-state index < -0.39 is 6.87 Å². The Bertz CT molecular complexity index is 19.1. The second kappa shape index (κ2) is 1.52. The molecule has 5 heavy (non-hydrogen) atoms. The third kappa shape index (κ3) is 56.4. The maximum absolute atomic E-state index is 10.4. The van der Waals surface area contributed by atoms with Gasteiger partial charge in [-0.1, -0.05) is 0 Å². The van der Waals surface area contributed by atoms with E-state index in [4.69, 9.17) is 0 Å². The molecule has 0 aromatic carbocycles. The fourth-order valence-corrected chi connectivity index (χ4v) is 0. The van der Waals surface area contributed by atoms with Gasteiger partial charge in [0.1, 0.15) is 0 Å². The molecule has 0 heterocycles. The van der Waals surface area contributed by atoms with Crippen LogP contribution in [0.2, 0.25) is 0 Å². The monoisotopic (exact) mass is 137 g/mol. The van der Waals surface area contributed by atoms with Crippen molar-refractivity contribution in [3.05, 3.63) is 0 Å². The molecule has 0 atom stereocenters. The molecule has 0 aliphatic carbocycles. The van der Waals surface area contributed by atoms with E-state index in [1.54, 1.807) is 0 Å². The molecular weight excluding hydrogens is 128 g/mol. The topological polar surface area (TPSA) is 19.9 Å². The van der Waals surface area contributed by atoms with E-state index in [0.29, 0.717) is 0 Å². The fraction of sp³-hybridized carbons (Fsp3) is 0. The summed E-state index contributed by atoms with van der Waals surface area (Å²) in [6.45, 7) is -1.44. The third-order valence-electron chi connectivity index (χ3n) is 0. The van der Waals surface area contributed by atoms with Gasteiger partial charge in [0.05, 0.1) is 0 Å². The molecule has 0 aliphatic rings. The van der Waals surface area contributed by atoms with E-state index in [1.807, 2.05) is 0 Å². The van der Waals surface area contributed by atoms with Crippen LogP contribution in [0.4, 0.5) is 0 Å². The zero-order valence-corrected chi connectivity index (χ0v) is 10.9. The van der Waals surface area contributed by atoms with Gasteiger partial charge in [-0.25, -0.2) is 0 Å². The van der Waals surface area contributed by atoms with Gasteiger partial charge in [0, 0.05) is 29.3 Å². The SMILES string of the molecule is [O][Si]([SiH3])([SiH3])[SiH3]. The molecule has 0 saturated carbocycles. The molecule has 0 rings (SSSR count). The molecule has 1 radical (unpaired) electrons. The molecular formula is H9OSi4. The van der Waals surface area contributed by atoms with Gasteiger partial charge >= 0.3 is 0 Å². The Morgan fingerprint density at radius 1 is 1.20 bits per heavy atom. The van der Waals surface area contributed by atoms with Crippen molar-refractivity contribution in [1.29, 1.82) is 0 Å². The summed E-state index contributed by atoms with van der Waals surface area (Å²) in [4.78, 5) is 10.4. The molecule has 0 aromatic heterocycles. The van der Waals surface area contributed by atoms with Crippen molar-refractivity contribution in [3.63, 3.8) is 0 Å². The van der Waals surface area contributed by atoms with Gasteiger partial charge in [-0.2, -0.15) is 0 Å². The third-order valence-corrected chi connectivity index (χ3v) is 0. The minimum atomic E-state index is -1.44. The molecule has 5 heteroatoms. The van der Waals surface area contributed by atoms with Crippen molar-refractivity contribution in [2.24, 2.45) is 0 Å². The summed E-state index contributed by atoms with van der Waals surface area (Å²) in [7, 11) is 3.04. The van der Waals surface area contributed by atoms with E-state index in [9.17, 15) is 4.80 Å². The van der Waals surface area contributed by atoms with Gasteiger partial charge in [-0.3, -0.25) is 0 Å². The van der Waals surface area contributed by atoms with Crippen LogP contribution in [0.1, 0.15) is 0 Å². The fourth-order valence-electron chi connectivity index (χ4n) is 0. The zero-order valence-electron chi connectivity index (χ0n) is 3.91. The summed E-state index contributed by atoms with van der Waals surface area (Å²) in [6.07, 6.45) is 0. The van der Waals surface area contributed by atoms with Crippen LogP contribution in [0.5, 0.6) is 0 Å². The highest BCUT2D eigenvalue weighted by Gasteiger charge is 2.07.